The lowest BCUT2D eigenvalue weighted by molar-refractivity contribution is 0.262. The van der Waals surface area contributed by atoms with E-state index in [0.29, 0.717) is 10.8 Å². The molecule has 0 atom stereocenters. The van der Waals surface area contributed by atoms with E-state index in [-0.39, 0.29) is 6.03 Å². The normalized spacial score (nSPS) is 9.81. The molecular formula is C10H9N3OS2. The van der Waals surface area contributed by atoms with Crippen molar-refractivity contribution in [2.24, 2.45) is 0 Å². The maximum atomic E-state index is 11.5. The van der Waals surface area contributed by atoms with Crippen LogP contribution < -0.4 is 10.6 Å². The predicted octanol–water partition coefficient (Wildman–Crippen LogP) is 3.08. The molecule has 0 unspecified atom stereocenters. The van der Waals surface area contributed by atoms with Gasteiger partial charge in [0.1, 0.15) is 0 Å². The summed E-state index contributed by atoms with van der Waals surface area (Å²) in [6, 6.07) is 6.95. The fourth-order valence-corrected chi connectivity index (χ4v) is 1.86. The van der Waals surface area contributed by atoms with Gasteiger partial charge < -0.3 is 5.32 Å². The van der Waals surface area contributed by atoms with Crippen LogP contribution in [0.4, 0.5) is 15.6 Å². The molecular weight excluding hydrogens is 242 g/mol. The van der Waals surface area contributed by atoms with Crippen molar-refractivity contribution in [2.75, 3.05) is 10.6 Å². The Kier molecular flexibility index (Phi) is 3.43. The molecule has 0 aliphatic rings. The van der Waals surface area contributed by atoms with Crippen LogP contribution >= 0.6 is 24.0 Å². The molecule has 0 saturated heterocycles. The van der Waals surface area contributed by atoms with Gasteiger partial charge in [0.05, 0.1) is 5.69 Å². The number of para-hydroxylation sites is 1. The first-order chi connectivity index (χ1) is 7.75. The van der Waals surface area contributed by atoms with Gasteiger partial charge in [-0.05, 0) is 12.1 Å². The number of hydrogen-bond acceptors (Lipinski definition) is 4. The number of thiol groups is 1. The fourth-order valence-electron chi connectivity index (χ4n) is 1.12. The van der Waals surface area contributed by atoms with Gasteiger partial charge >= 0.3 is 6.03 Å². The molecule has 6 heteroatoms. The summed E-state index contributed by atoms with van der Waals surface area (Å²) in [5, 5.41) is 7.67. The number of thiazole rings is 1. The van der Waals surface area contributed by atoms with Gasteiger partial charge in [-0.25, -0.2) is 9.78 Å². The third kappa shape index (κ3) is 2.74. The Morgan fingerprint density at radius 1 is 1.31 bits per heavy atom. The Balaban J connectivity index is 2.00. The summed E-state index contributed by atoms with van der Waals surface area (Å²) in [7, 11) is 0. The molecule has 0 fully saturated rings. The second-order valence-corrected chi connectivity index (χ2v) is 4.31. The molecule has 0 saturated carbocycles. The van der Waals surface area contributed by atoms with Gasteiger partial charge in [0.25, 0.3) is 0 Å². The van der Waals surface area contributed by atoms with E-state index in [4.69, 9.17) is 0 Å². The van der Waals surface area contributed by atoms with E-state index in [1.807, 2.05) is 18.2 Å². The molecule has 2 rings (SSSR count). The summed E-state index contributed by atoms with van der Waals surface area (Å²) in [6.07, 6.45) is 1.63. The summed E-state index contributed by atoms with van der Waals surface area (Å²) in [4.78, 5) is 16.2. The number of aromatic nitrogens is 1. The van der Waals surface area contributed by atoms with Crippen molar-refractivity contribution in [2.45, 2.75) is 4.90 Å². The van der Waals surface area contributed by atoms with Crippen molar-refractivity contribution >= 4 is 40.8 Å². The lowest BCUT2D eigenvalue weighted by atomic mass is 10.3. The van der Waals surface area contributed by atoms with E-state index in [1.54, 1.807) is 17.6 Å². The predicted molar refractivity (Wildman–Crippen MR) is 68.4 cm³/mol. The highest BCUT2D eigenvalue weighted by molar-refractivity contribution is 7.80. The van der Waals surface area contributed by atoms with Crippen molar-refractivity contribution in [3.63, 3.8) is 0 Å². The Morgan fingerprint density at radius 2 is 2.12 bits per heavy atom. The first-order valence-electron chi connectivity index (χ1n) is 4.51. The van der Waals surface area contributed by atoms with Crippen LogP contribution in [-0.2, 0) is 0 Å². The molecule has 2 amide bonds. The standard InChI is InChI=1S/C10H9N3OS2/c14-9(13-10-11-5-6-16-10)12-7-3-1-2-4-8(7)15/h1-6,15H,(H2,11,12,13,14). The molecule has 2 N–H and O–H groups in total. The van der Waals surface area contributed by atoms with Crippen molar-refractivity contribution < 1.29 is 4.79 Å². The van der Waals surface area contributed by atoms with Crippen molar-refractivity contribution in [3.8, 4) is 0 Å². The summed E-state index contributed by atoms with van der Waals surface area (Å²) in [6.45, 7) is 0. The molecule has 16 heavy (non-hydrogen) atoms. The number of nitrogens with one attached hydrogen (secondary N) is 2. The fraction of sp³-hybridized carbons (Fsp3) is 0. The monoisotopic (exact) mass is 251 g/mol. The van der Waals surface area contributed by atoms with Gasteiger partial charge in [0.15, 0.2) is 5.13 Å². The van der Waals surface area contributed by atoms with Crippen LogP contribution in [0.15, 0.2) is 40.7 Å². The smallest absolute Gasteiger partial charge is 0.307 e. The number of anilines is 2. The van der Waals surface area contributed by atoms with Gasteiger partial charge in [-0.15, -0.1) is 24.0 Å². The SMILES string of the molecule is O=C(Nc1nccs1)Nc1ccccc1S. The van der Waals surface area contributed by atoms with Crippen LogP contribution in [0.2, 0.25) is 0 Å². The zero-order chi connectivity index (χ0) is 11.4. The van der Waals surface area contributed by atoms with Crippen LogP contribution in [0.3, 0.4) is 0 Å². The third-order valence-electron chi connectivity index (χ3n) is 1.81. The van der Waals surface area contributed by atoms with Gasteiger partial charge in [-0.2, -0.15) is 0 Å². The van der Waals surface area contributed by atoms with E-state index in [2.05, 4.69) is 28.2 Å². The first kappa shape index (κ1) is 11.0. The zero-order valence-electron chi connectivity index (χ0n) is 8.18. The van der Waals surface area contributed by atoms with Crippen LogP contribution in [0.5, 0.6) is 0 Å². The molecule has 0 spiro atoms. The second kappa shape index (κ2) is 5.00. The highest BCUT2D eigenvalue weighted by Crippen LogP contribution is 2.19. The van der Waals surface area contributed by atoms with Crippen molar-refractivity contribution in [1.82, 2.24) is 4.98 Å². The van der Waals surface area contributed by atoms with Crippen LogP contribution in [0.1, 0.15) is 0 Å². The average Bonchev–Trinajstić information content (AvgIpc) is 2.74. The molecule has 0 bridgehead atoms. The number of carbonyl (C=O) groups is 1. The highest BCUT2D eigenvalue weighted by atomic mass is 32.1. The van der Waals surface area contributed by atoms with E-state index >= 15 is 0 Å². The minimum Gasteiger partial charge on any atom is -0.307 e. The Morgan fingerprint density at radius 3 is 2.81 bits per heavy atom. The number of urea groups is 1. The van der Waals surface area contributed by atoms with Crippen LogP contribution in [-0.4, -0.2) is 11.0 Å². The minimum atomic E-state index is -0.323. The van der Waals surface area contributed by atoms with E-state index in [9.17, 15) is 4.79 Å². The molecule has 1 aromatic carbocycles. The number of amides is 2. The van der Waals surface area contributed by atoms with Crippen molar-refractivity contribution in [3.05, 3.63) is 35.8 Å². The highest BCUT2D eigenvalue weighted by Gasteiger charge is 2.05. The average molecular weight is 251 g/mol. The Bertz CT molecular complexity index is 485. The topological polar surface area (TPSA) is 54.0 Å². The van der Waals surface area contributed by atoms with E-state index < -0.39 is 0 Å². The molecule has 4 nitrogen and oxygen atoms in total. The zero-order valence-corrected chi connectivity index (χ0v) is 9.89. The Hall–Kier alpha value is -1.53. The number of nitrogens with zero attached hydrogens (tertiary/aromatic N) is 1. The van der Waals surface area contributed by atoms with Crippen LogP contribution in [0.25, 0.3) is 0 Å². The minimum absolute atomic E-state index is 0.323. The maximum absolute atomic E-state index is 11.5. The Labute approximate surface area is 102 Å². The van der Waals surface area contributed by atoms with Gasteiger partial charge in [0, 0.05) is 16.5 Å². The van der Waals surface area contributed by atoms with Gasteiger partial charge in [-0.1, -0.05) is 12.1 Å². The van der Waals surface area contributed by atoms with Crippen molar-refractivity contribution in [1.29, 1.82) is 0 Å². The molecule has 0 aliphatic carbocycles. The summed E-state index contributed by atoms with van der Waals surface area (Å²) in [5.41, 5.74) is 0.667. The van der Waals surface area contributed by atoms with Gasteiger partial charge in [0.2, 0.25) is 0 Å². The summed E-state index contributed by atoms with van der Waals surface area (Å²) >= 11 is 5.59. The summed E-state index contributed by atoms with van der Waals surface area (Å²) in [5.74, 6) is 0. The lowest BCUT2D eigenvalue weighted by Gasteiger charge is -2.07. The quantitative estimate of drug-likeness (QED) is 0.718. The molecule has 0 radical (unpaired) electrons. The third-order valence-corrected chi connectivity index (χ3v) is 2.88. The van der Waals surface area contributed by atoms with E-state index in [0.717, 1.165) is 4.90 Å². The van der Waals surface area contributed by atoms with E-state index in [1.165, 1.54) is 11.3 Å². The van der Waals surface area contributed by atoms with Crippen LogP contribution in [0, 0.1) is 0 Å². The molecule has 82 valence electrons. The largest absolute Gasteiger partial charge is 0.325 e. The second-order valence-electron chi connectivity index (χ2n) is 2.93. The van der Waals surface area contributed by atoms with Gasteiger partial charge in [-0.3, -0.25) is 5.32 Å². The number of hydrogen-bond donors (Lipinski definition) is 3. The summed E-state index contributed by atoms with van der Waals surface area (Å²) < 4.78 is 0. The number of benzene rings is 1. The number of rotatable bonds is 2. The maximum Gasteiger partial charge on any atom is 0.325 e. The lowest BCUT2D eigenvalue weighted by Crippen LogP contribution is -2.19. The number of carbonyl (C=O) groups excluding carboxylic acids is 1. The molecule has 2 aromatic rings. The first-order valence-corrected chi connectivity index (χ1v) is 5.84. The molecule has 1 aromatic heterocycles. The molecule has 0 aliphatic heterocycles. The molecule has 1 heterocycles.